The van der Waals surface area contributed by atoms with Crippen LogP contribution in [0.2, 0.25) is 0 Å². The predicted octanol–water partition coefficient (Wildman–Crippen LogP) is 5.96. The van der Waals surface area contributed by atoms with E-state index in [1.165, 1.54) is 4.90 Å². The van der Waals surface area contributed by atoms with Crippen LogP contribution in [0.15, 0.2) is 97.2 Å². The van der Waals surface area contributed by atoms with E-state index in [-0.39, 0.29) is 24.7 Å². The molecule has 8 rings (SSSR count). The van der Waals surface area contributed by atoms with Crippen molar-refractivity contribution in [2.75, 3.05) is 0 Å². The van der Waals surface area contributed by atoms with E-state index in [1.54, 1.807) is 35.7 Å². The maximum absolute atomic E-state index is 13.6. The summed E-state index contributed by atoms with van der Waals surface area (Å²) in [5.41, 5.74) is 5.58. The highest BCUT2D eigenvalue weighted by molar-refractivity contribution is 6.22. The topological polar surface area (TPSA) is 101 Å². The third kappa shape index (κ3) is 3.76. The molecular formula is C35H27N5O3. The molecule has 1 N–H and O–H groups in total. The molecule has 0 spiro atoms. The summed E-state index contributed by atoms with van der Waals surface area (Å²) >= 11 is 0. The molecule has 2 aliphatic rings. The van der Waals surface area contributed by atoms with Crippen molar-refractivity contribution in [3.05, 3.63) is 120 Å². The van der Waals surface area contributed by atoms with Crippen LogP contribution in [0, 0.1) is 6.92 Å². The zero-order valence-electron chi connectivity index (χ0n) is 23.7. The number of rotatable bonds is 4. The number of amides is 2. The molecule has 3 aromatic heterocycles. The van der Waals surface area contributed by atoms with E-state index in [2.05, 4.69) is 28.3 Å². The number of imide groups is 1. The average Bonchev–Trinajstić information content (AvgIpc) is 3.52. The van der Waals surface area contributed by atoms with Crippen LogP contribution in [-0.2, 0) is 5.54 Å². The molecule has 0 radical (unpaired) electrons. The molecule has 1 aliphatic carbocycles. The number of nitrogens with zero attached hydrogens (tertiary/aromatic N) is 5. The summed E-state index contributed by atoms with van der Waals surface area (Å²) in [6, 6.07) is 28.9. The van der Waals surface area contributed by atoms with Crippen molar-refractivity contribution >= 4 is 28.5 Å². The Labute approximate surface area is 247 Å². The number of benzene rings is 3. The lowest BCUT2D eigenvalue weighted by atomic mass is 9.61. The molecular weight excluding hydrogens is 538 g/mol. The van der Waals surface area contributed by atoms with Gasteiger partial charge in [0.2, 0.25) is 0 Å². The highest BCUT2D eigenvalue weighted by atomic mass is 16.3. The van der Waals surface area contributed by atoms with Crippen LogP contribution in [0.4, 0.5) is 0 Å². The summed E-state index contributed by atoms with van der Waals surface area (Å²) in [4.78, 5) is 38.2. The normalized spacial score (nSPS) is 21.4. The van der Waals surface area contributed by atoms with Gasteiger partial charge in [-0.2, -0.15) is 9.61 Å². The van der Waals surface area contributed by atoms with Crippen molar-refractivity contribution < 1.29 is 14.7 Å². The standard InChI is InChI=1S/C35H27N5O3/c1-21-16-29-36-18-24-17-28(22-8-4-3-5-9-22)30(37-31(24)40(29)38-21)23-12-14-25(15-13-23)35(19-34(2,43)20-35)39-32(41)26-10-6-7-11-27(26)33(39)42/h3-18,43H,19-20H2,1-2H3/t34-,35-. The molecule has 3 aromatic carbocycles. The van der Waals surface area contributed by atoms with Gasteiger partial charge in [-0.25, -0.2) is 9.97 Å². The number of pyridine rings is 1. The van der Waals surface area contributed by atoms with Crippen LogP contribution in [-0.4, -0.2) is 47.0 Å². The minimum Gasteiger partial charge on any atom is -0.390 e. The smallest absolute Gasteiger partial charge is 0.262 e. The van der Waals surface area contributed by atoms with Crippen LogP contribution >= 0.6 is 0 Å². The number of aromatic nitrogens is 4. The number of carbonyl (C=O) groups is 2. The number of fused-ring (bicyclic) bond motifs is 4. The van der Waals surface area contributed by atoms with E-state index in [4.69, 9.17) is 4.98 Å². The molecule has 1 aliphatic heterocycles. The van der Waals surface area contributed by atoms with Gasteiger partial charge in [-0.1, -0.05) is 66.7 Å². The second-order valence-electron chi connectivity index (χ2n) is 11.9. The number of carbonyl (C=O) groups excluding carboxylic acids is 2. The molecule has 0 bridgehead atoms. The summed E-state index contributed by atoms with van der Waals surface area (Å²) in [5.74, 6) is -0.648. The summed E-state index contributed by atoms with van der Waals surface area (Å²) in [7, 11) is 0. The number of hydrogen-bond acceptors (Lipinski definition) is 6. The fraction of sp³-hybridized carbons (Fsp3) is 0.171. The second-order valence-corrected chi connectivity index (χ2v) is 11.9. The van der Waals surface area contributed by atoms with Gasteiger partial charge in [-0.15, -0.1) is 0 Å². The van der Waals surface area contributed by atoms with Crippen molar-refractivity contribution in [2.24, 2.45) is 0 Å². The minimum atomic E-state index is -0.990. The van der Waals surface area contributed by atoms with Gasteiger partial charge in [0, 0.05) is 41.6 Å². The van der Waals surface area contributed by atoms with Gasteiger partial charge < -0.3 is 5.11 Å². The van der Waals surface area contributed by atoms with Gasteiger partial charge >= 0.3 is 0 Å². The second kappa shape index (κ2) is 8.89. The van der Waals surface area contributed by atoms with Gasteiger partial charge in [0.05, 0.1) is 33.7 Å². The Morgan fingerprint density at radius 3 is 2.09 bits per heavy atom. The first-order valence-corrected chi connectivity index (χ1v) is 14.3. The monoisotopic (exact) mass is 565 g/mol. The molecule has 8 nitrogen and oxygen atoms in total. The molecule has 1 saturated carbocycles. The Morgan fingerprint density at radius 2 is 1.44 bits per heavy atom. The number of aryl methyl sites for hydroxylation is 1. The predicted molar refractivity (Wildman–Crippen MR) is 162 cm³/mol. The van der Waals surface area contributed by atoms with Crippen LogP contribution in [0.1, 0.15) is 51.7 Å². The van der Waals surface area contributed by atoms with E-state index in [0.717, 1.165) is 44.7 Å². The molecule has 1 fully saturated rings. The van der Waals surface area contributed by atoms with E-state index in [0.29, 0.717) is 16.8 Å². The quantitative estimate of drug-likeness (QED) is 0.265. The summed E-state index contributed by atoms with van der Waals surface area (Å²) in [6.07, 6.45) is 2.35. The fourth-order valence-electron chi connectivity index (χ4n) is 6.93. The molecule has 210 valence electrons. The maximum Gasteiger partial charge on any atom is 0.262 e. The zero-order valence-corrected chi connectivity index (χ0v) is 23.7. The summed E-state index contributed by atoms with van der Waals surface area (Å²) in [5, 5.41) is 16.4. The zero-order chi connectivity index (χ0) is 29.5. The average molecular weight is 566 g/mol. The van der Waals surface area contributed by atoms with Crippen molar-refractivity contribution in [1.82, 2.24) is 24.5 Å². The van der Waals surface area contributed by atoms with Crippen LogP contribution in [0.5, 0.6) is 0 Å². The van der Waals surface area contributed by atoms with Gasteiger partial charge in [0.1, 0.15) is 0 Å². The first-order valence-electron chi connectivity index (χ1n) is 14.3. The van der Waals surface area contributed by atoms with Crippen molar-refractivity contribution in [2.45, 2.75) is 37.8 Å². The molecule has 0 saturated heterocycles. The van der Waals surface area contributed by atoms with Crippen molar-refractivity contribution in [3.63, 3.8) is 0 Å². The molecule has 6 aromatic rings. The van der Waals surface area contributed by atoms with Gasteiger partial charge in [-0.05, 0) is 43.2 Å². The first kappa shape index (κ1) is 25.5. The molecule has 8 heteroatoms. The highest BCUT2D eigenvalue weighted by Gasteiger charge is 2.60. The lowest BCUT2D eigenvalue weighted by Gasteiger charge is -2.55. The fourth-order valence-corrected chi connectivity index (χ4v) is 6.93. The highest BCUT2D eigenvalue weighted by Crippen LogP contribution is 2.54. The van der Waals surface area contributed by atoms with E-state index < -0.39 is 11.1 Å². The van der Waals surface area contributed by atoms with E-state index in [1.807, 2.05) is 61.7 Å². The molecule has 4 heterocycles. The Bertz CT molecular complexity index is 2070. The molecule has 43 heavy (non-hydrogen) atoms. The lowest BCUT2D eigenvalue weighted by Crippen LogP contribution is -2.63. The van der Waals surface area contributed by atoms with Gasteiger partial charge in [-0.3, -0.25) is 14.5 Å². The number of aliphatic hydroxyl groups is 1. The molecule has 0 unspecified atom stereocenters. The SMILES string of the molecule is Cc1cc2ncc3cc(-c4ccccc4)c(-c4ccc([C@]5(N6C(=O)c7ccccc7C6=O)C[C@](C)(O)C5)cc4)nc3n2n1. The van der Waals surface area contributed by atoms with Crippen LogP contribution in [0.3, 0.4) is 0 Å². The summed E-state index contributed by atoms with van der Waals surface area (Å²) < 4.78 is 1.77. The van der Waals surface area contributed by atoms with Gasteiger partial charge in [0.25, 0.3) is 11.8 Å². The summed E-state index contributed by atoms with van der Waals surface area (Å²) in [6.45, 7) is 3.68. The van der Waals surface area contributed by atoms with E-state index in [9.17, 15) is 14.7 Å². The molecule has 2 amide bonds. The van der Waals surface area contributed by atoms with E-state index >= 15 is 0 Å². The van der Waals surface area contributed by atoms with Crippen molar-refractivity contribution in [1.29, 1.82) is 0 Å². The Hall–Kier alpha value is -5.21. The molecule has 0 atom stereocenters. The lowest BCUT2D eigenvalue weighted by molar-refractivity contribution is -0.118. The first-order chi connectivity index (χ1) is 20.7. The third-order valence-electron chi connectivity index (χ3n) is 8.73. The maximum atomic E-state index is 13.6. The Balaban J connectivity index is 1.27. The number of hydrogen-bond donors (Lipinski definition) is 1. The van der Waals surface area contributed by atoms with Crippen LogP contribution < -0.4 is 0 Å². The minimum absolute atomic E-state index is 0.262. The largest absolute Gasteiger partial charge is 0.390 e. The van der Waals surface area contributed by atoms with Crippen LogP contribution in [0.25, 0.3) is 39.1 Å². The van der Waals surface area contributed by atoms with Crippen molar-refractivity contribution in [3.8, 4) is 22.4 Å². The third-order valence-corrected chi connectivity index (χ3v) is 8.73. The van der Waals surface area contributed by atoms with Gasteiger partial charge in [0.15, 0.2) is 11.3 Å². The Morgan fingerprint density at radius 1 is 0.791 bits per heavy atom. The Kier molecular flexibility index (Phi) is 5.27.